The van der Waals surface area contributed by atoms with Gasteiger partial charge in [-0.05, 0) is 105 Å². The van der Waals surface area contributed by atoms with Gasteiger partial charge in [0.2, 0.25) is 0 Å². The van der Waals surface area contributed by atoms with Crippen LogP contribution < -0.4 is 0 Å². The van der Waals surface area contributed by atoms with E-state index in [2.05, 4.69) is 68.5 Å². The monoisotopic (exact) mass is 482 g/mol. The van der Waals surface area contributed by atoms with Crippen LogP contribution >= 0.6 is 0 Å². The third-order valence-corrected chi connectivity index (χ3v) is 12.7. The molecule has 0 aromatic carbocycles. The average molecular weight is 483 g/mol. The Balaban J connectivity index is 1.57. The zero-order valence-electron chi connectivity index (χ0n) is 24.3. The summed E-state index contributed by atoms with van der Waals surface area (Å²) in [6.45, 7) is 28.3. The summed E-state index contributed by atoms with van der Waals surface area (Å²) in [5.41, 5.74) is 3.30. The van der Waals surface area contributed by atoms with Gasteiger partial charge in [0.05, 0.1) is 0 Å². The van der Waals surface area contributed by atoms with E-state index < -0.39 is 0 Å². The molecule has 3 aliphatic carbocycles. The fourth-order valence-corrected chi connectivity index (χ4v) is 10.1. The maximum Gasteiger partial charge on any atom is 0.306 e. The highest BCUT2D eigenvalue weighted by atomic mass is 16.6. The smallest absolute Gasteiger partial charge is 0.306 e. The van der Waals surface area contributed by atoms with Gasteiger partial charge in [0, 0.05) is 18.3 Å². The minimum Gasteiger partial charge on any atom is -0.458 e. The average Bonchev–Trinajstić information content (AvgIpc) is 3.30. The minimum absolute atomic E-state index is 0.0255. The molecular formula is C33H54O2. The Kier molecular flexibility index (Phi) is 6.98. The van der Waals surface area contributed by atoms with Gasteiger partial charge >= 0.3 is 5.97 Å². The molecule has 1 spiro atoms. The van der Waals surface area contributed by atoms with Crippen molar-refractivity contribution in [2.75, 3.05) is 0 Å². The standard InChI is InChI=1S/C33H54O2/c1-11-30(7,8)24(6)22(4)20-23(5)26-14-17-32(10)27-13-12-25(21(2)3)33(19-16-29(34)35-33)28(27)15-18-31(26,32)9/h22-23,25-28H,2,6,11-20H2,1,3-5,7-10H3/t22?,23?,25-,26+,27+,28-,31+,32-,33?/m0/s1. The number of hydrogen-bond donors (Lipinski definition) is 0. The quantitative estimate of drug-likeness (QED) is 0.267. The van der Waals surface area contributed by atoms with Gasteiger partial charge in [0.25, 0.3) is 0 Å². The molecule has 1 heterocycles. The third kappa shape index (κ3) is 3.99. The van der Waals surface area contributed by atoms with Crippen molar-refractivity contribution in [1.82, 2.24) is 0 Å². The number of carbonyl (C=O) groups is 1. The number of esters is 1. The van der Waals surface area contributed by atoms with Crippen LogP contribution in [-0.4, -0.2) is 11.6 Å². The molecule has 0 aromatic rings. The summed E-state index contributed by atoms with van der Waals surface area (Å²) in [7, 11) is 0. The first-order valence-corrected chi connectivity index (χ1v) is 14.8. The van der Waals surface area contributed by atoms with Crippen molar-refractivity contribution in [3.8, 4) is 0 Å². The van der Waals surface area contributed by atoms with E-state index in [1.165, 1.54) is 49.7 Å². The summed E-state index contributed by atoms with van der Waals surface area (Å²) in [4.78, 5) is 12.5. The molecule has 1 aliphatic heterocycles. The third-order valence-electron chi connectivity index (χ3n) is 12.7. The molecule has 9 atom stereocenters. The highest BCUT2D eigenvalue weighted by molar-refractivity contribution is 5.72. The van der Waals surface area contributed by atoms with Crippen LogP contribution in [0.4, 0.5) is 0 Å². The summed E-state index contributed by atoms with van der Waals surface area (Å²) in [6, 6.07) is 0. The molecule has 4 aliphatic rings. The van der Waals surface area contributed by atoms with Crippen LogP contribution in [0.25, 0.3) is 0 Å². The molecule has 3 unspecified atom stereocenters. The van der Waals surface area contributed by atoms with Crippen LogP contribution in [0, 0.1) is 51.8 Å². The van der Waals surface area contributed by atoms with E-state index in [0.717, 1.165) is 25.2 Å². The Morgan fingerprint density at radius 2 is 1.69 bits per heavy atom. The molecule has 2 heteroatoms. The van der Waals surface area contributed by atoms with Crippen molar-refractivity contribution in [3.63, 3.8) is 0 Å². The second kappa shape index (κ2) is 9.05. The lowest BCUT2D eigenvalue weighted by atomic mass is 9.43. The molecule has 4 fully saturated rings. The summed E-state index contributed by atoms with van der Waals surface area (Å²) in [5, 5.41) is 0. The molecule has 0 aromatic heterocycles. The predicted octanol–water partition coefficient (Wildman–Crippen LogP) is 9.15. The first-order chi connectivity index (χ1) is 16.2. The van der Waals surface area contributed by atoms with Gasteiger partial charge in [-0.3, -0.25) is 4.79 Å². The lowest BCUT2D eigenvalue weighted by molar-refractivity contribution is -0.196. The molecule has 35 heavy (non-hydrogen) atoms. The number of rotatable bonds is 7. The lowest BCUT2D eigenvalue weighted by Gasteiger charge is -2.63. The van der Waals surface area contributed by atoms with Gasteiger partial charge in [-0.2, -0.15) is 0 Å². The van der Waals surface area contributed by atoms with Crippen molar-refractivity contribution in [2.45, 2.75) is 125 Å². The molecule has 0 bridgehead atoms. The molecule has 0 N–H and O–H groups in total. The zero-order valence-corrected chi connectivity index (χ0v) is 24.3. The molecule has 0 amide bonds. The topological polar surface area (TPSA) is 26.3 Å². The van der Waals surface area contributed by atoms with Gasteiger partial charge < -0.3 is 4.74 Å². The Morgan fingerprint density at radius 3 is 2.26 bits per heavy atom. The molecule has 0 radical (unpaired) electrons. The van der Waals surface area contributed by atoms with E-state index in [1.54, 1.807) is 0 Å². The number of hydrogen-bond acceptors (Lipinski definition) is 2. The lowest BCUT2D eigenvalue weighted by Crippen LogP contribution is -2.60. The maximum absolute atomic E-state index is 12.5. The van der Waals surface area contributed by atoms with Crippen LogP contribution in [0.1, 0.15) is 120 Å². The Morgan fingerprint density at radius 1 is 1.03 bits per heavy atom. The molecule has 2 nitrogen and oxygen atoms in total. The second-order valence-corrected chi connectivity index (χ2v) is 14.5. The number of carbonyl (C=O) groups excluding carboxylic acids is 1. The van der Waals surface area contributed by atoms with E-state index in [-0.39, 0.29) is 17.0 Å². The van der Waals surface area contributed by atoms with Crippen LogP contribution in [0.5, 0.6) is 0 Å². The maximum atomic E-state index is 12.5. The molecule has 198 valence electrons. The first kappa shape index (κ1) is 27.0. The Hall–Kier alpha value is -1.05. The van der Waals surface area contributed by atoms with E-state index in [9.17, 15) is 4.79 Å². The Labute approximate surface area is 216 Å². The van der Waals surface area contributed by atoms with Crippen LogP contribution in [0.15, 0.2) is 24.3 Å². The van der Waals surface area contributed by atoms with Gasteiger partial charge in [0.1, 0.15) is 5.60 Å². The Bertz CT molecular complexity index is 868. The van der Waals surface area contributed by atoms with Gasteiger partial charge in [-0.15, -0.1) is 0 Å². The molecular weight excluding hydrogens is 428 g/mol. The highest BCUT2D eigenvalue weighted by Gasteiger charge is 2.68. The normalized spacial score (nSPS) is 42.8. The summed E-state index contributed by atoms with van der Waals surface area (Å²) < 4.78 is 6.35. The van der Waals surface area contributed by atoms with Crippen LogP contribution in [0.2, 0.25) is 0 Å². The van der Waals surface area contributed by atoms with Crippen molar-refractivity contribution >= 4 is 5.97 Å². The molecule has 4 rings (SSSR count). The fourth-order valence-electron chi connectivity index (χ4n) is 10.1. The van der Waals surface area contributed by atoms with E-state index >= 15 is 0 Å². The van der Waals surface area contributed by atoms with E-state index in [1.807, 2.05) is 0 Å². The minimum atomic E-state index is -0.280. The van der Waals surface area contributed by atoms with Gasteiger partial charge in [0.15, 0.2) is 0 Å². The molecule has 1 saturated heterocycles. The van der Waals surface area contributed by atoms with Crippen molar-refractivity contribution in [1.29, 1.82) is 0 Å². The van der Waals surface area contributed by atoms with Gasteiger partial charge in [-0.1, -0.05) is 72.8 Å². The summed E-state index contributed by atoms with van der Waals surface area (Å²) in [6.07, 6.45) is 11.5. The number of fused-ring (bicyclic) bond motifs is 4. The molecule has 3 saturated carbocycles. The van der Waals surface area contributed by atoms with Gasteiger partial charge in [-0.25, -0.2) is 0 Å². The fraction of sp³-hybridized carbons (Fsp3) is 0.848. The zero-order chi connectivity index (χ0) is 26.0. The largest absolute Gasteiger partial charge is 0.458 e. The number of ether oxygens (including phenoxy) is 1. The predicted molar refractivity (Wildman–Crippen MR) is 147 cm³/mol. The van der Waals surface area contributed by atoms with Crippen molar-refractivity contribution < 1.29 is 9.53 Å². The second-order valence-electron chi connectivity index (χ2n) is 14.5. The van der Waals surface area contributed by atoms with Crippen molar-refractivity contribution in [3.05, 3.63) is 24.3 Å². The SMILES string of the molecule is C=C(C)[C@@H]1CC[C@@H]2[C@H](CC[C@]3(C)[C@@H](C(C)CC(C)C(=C)C(C)(C)CC)CC[C@@]23C)C12CCC(=O)O2. The highest BCUT2D eigenvalue weighted by Crippen LogP contribution is 2.72. The van der Waals surface area contributed by atoms with E-state index in [4.69, 9.17) is 4.74 Å². The van der Waals surface area contributed by atoms with Crippen LogP contribution in [0.3, 0.4) is 0 Å². The first-order valence-electron chi connectivity index (χ1n) is 14.8. The van der Waals surface area contributed by atoms with E-state index in [0.29, 0.717) is 46.8 Å². The number of allylic oxidation sites excluding steroid dienone is 1. The summed E-state index contributed by atoms with van der Waals surface area (Å²) >= 11 is 0. The van der Waals surface area contributed by atoms with Crippen molar-refractivity contribution in [2.24, 2.45) is 51.8 Å². The summed E-state index contributed by atoms with van der Waals surface area (Å²) in [5.74, 6) is 3.58. The van der Waals surface area contributed by atoms with Crippen LogP contribution in [-0.2, 0) is 9.53 Å².